The molecule has 0 radical (unpaired) electrons. The van der Waals surface area contributed by atoms with Crippen molar-refractivity contribution in [2.24, 2.45) is 0 Å². The Hall–Kier alpha value is -0.570. The van der Waals surface area contributed by atoms with Crippen LogP contribution in [0.2, 0.25) is 5.02 Å². The van der Waals surface area contributed by atoms with E-state index in [-0.39, 0.29) is 0 Å². The molecule has 0 aromatic heterocycles. The Kier molecular flexibility index (Phi) is 3.62. The fourth-order valence-electron chi connectivity index (χ4n) is 1.77. The molecule has 2 rings (SSSR count). The van der Waals surface area contributed by atoms with Crippen molar-refractivity contribution in [1.29, 1.82) is 0 Å². The lowest BCUT2D eigenvalue weighted by molar-refractivity contribution is 0.0155. The molecule has 0 spiro atoms. The Labute approximate surface area is 95.6 Å². The zero-order chi connectivity index (χ0) is 10.7. The van der Waals surface area contributed by atoms with Crippen molar-refractivity contribution in [2.75, 3.05) is 13.2 Å². The van der Waals surface area contributed by atoms with Gasteiger partial charge in [-0.1, -0.05) is 23.7 Å². The highest BCUT2D eigenvalue weighted by Gasteiger charge is 2.17. The first kappa shape index (κ1) is 10.9. The molecular weight excluding hydrogens is 210 g/mol. The Morgan fingerprint density at radius 2 is 2.13 bits per heavy atom. The van der Waals surface area contributed by atoms with E-state index < -0.39 is 0 Å². The van der Waals surface area contributed by atoms with Crippen LogP contribution in [-0.2, 0) is 11.2 Å². The molecule has 0 unspecified atom stereocenters. The quantitative estimate of drug-likeness (QED) is 0.834. The summed E-state index contributed by atoms with van der Waals surface area (Å²) < 4.78 is 5.60. The van der Waals surface area contributed by atoms with Crippen molar-refractivity contribution in [2.45, 2.75) is 25.5 Å². The van der Waals surface area contributed by atoms with Gasteiger partial charge in [0.1, 0.15) is 0 Å². The summed E-state index contributed by atoms with van der Waals surface area (Å²) >= 11 is 5.83. The Bertz CT molecular complexity index is 304. The van der Waals surface area contributed by atoms with Crippen molar-refractivity contribution in [3.8, 4) is 0 Å². The second kappa shape index (κ2) is 4.97. The molecule has 2 atom stereocenters. The first-order chi connectivity index (χ1) is 7.24. The van der Waals surface area contributed by atoms with Crippen molar-refractivity contribution < 1.29 is 4.74 Å². The zero-order valence-corrected chi connectivity index (χ0v) is 9.63. The maximum atomic E-state index is 5.83. The van der Waals surface area contributed by atoms with E-state index >= 15 is 0 Å². The molecule has 1 aliphatic heterocycles. The van der Waals surface area contributed by atoms with Gasteiger partial charge in [-0.05, 0) is 31.0 Å². The molecule has 1 heterocycles. The van der Waals surface area contributed by atoms with Crippen LogP contribution in [-0.4, -0.2) is 25.3 Å². The van der Waals surface area contributed by atoms with Crippen molar-refractivity contribution >= 4 is 11.6 Å². The minimum absolute atomic E-state index is 0.339. The van der Waals surface area contributed by atoms with E-state index in [9.17, 15) is 0 Å². The first-order valence-electron chi connectivity index (χ1n) is 5.33. The van der Waals surface area contributed by atoms with Crippen LogP contribution in [0.5, 0.6) is 0 Å². The summed E-state index contributed by atoms with van der Waals surface area (Å²) in [6, 6.07) is 8.44. The van der Waals surface area contributed by atoms with Gasteiger partial charge in [-0.2, -0.15) is 0 Å². The van der Waals surface area contributed by atoms with E-state index in [1.54, 1.807) is 0 Å². The number of hydrogen-bond acceptors (Lipinski definition) is 2. The number of benzene rings is 1. The van der Waals surface area contributed by atoms with Crippen LogP contribution >= 0.6 is 11.6 Å². The third-order valence-electron chi connectivity index (χ3n) is 2.67. The monoisotopic (exact) mass is 225 g/mol. The third-order valence-corrected chi connectivity index (χ3v) is 2.92. The summed E-state index contributed by atoms with van der Waals surface area (Å²) in [5.41, 5.74) is 1.30. The molecule has 1 saturated heterocycles. The number of nitrogens with one attached hydrogen (secondary N) is 1. The van der Waals surface area contributed by atoms with Crippen LogP contribution in [0.3, 0.4) is 0 Å². The molecule has 82 valence electrons. The number of morpholine rings is 1. The van der Waals surface area contributed by atoms with E-state index in [1.165, 1.54) is 5.56 Å². The molecule has 3 heteroatoms. The van der Waals surface area contributed by atoms with Crippen LogP contribution in [0, 0.1) is 0 Å². The average Bonchev–Trinajstić information content (AvgIpc) is 2.25. The number of hydrogen-bond donors (Lipinski definition) is 1. The number of rotatable bonds is 2. The minimum Gasteiger partial charge on any atom is -0.376 e. The van der Waals surface area contributed by atoms with Gasteiger partial charge in [-0.25, -0.2) is 0 Å². The standard InChI is InChI=1S/C12H16ClNO/c1-9-7-14-12(8-15-9)6-10-2-4-11(13)5-3-10/h2-5,9,12,14H,6-8H2,1H3/t9-,12-/m1/s1. The van der Waals surface area contributed by atoms with Crippen LogP contribution in [0.4, 0.5) is 0 Å². The molecule has 0 saturated carbocycles. The lowest BCUT2D eigenvalue weighted by atomic mass is 10.1. The van der Waals surface area contributed by atoms with Gasteiger partial charge in [0.15, 0.2) is 0 Å². The lowest BCUT2D eigenvalue weighted by Crippen LogP contribution is -2.46. The highest BCUT2D eigenvalue weighted by Crippen LogP contribution is 2.12. The summed E-state index contributed by atoms with van der Waals surface area (Å²) in [6.45, 7) is 3.83. The summed E-state index contributed by atoms with van der Waals surface area (Å²) in [7, 11) is 0. The molecule has 2 nitrogen and oxygen atoms in total. The Morgan fingerprint density at radius 1 is 1.40 bits per heavy atom. The molecule has 0 aliphatic carbocycles. The topological polar surface area (TPSA) is 21.3 Å². The van der Waals surface area contributed by atoms with Crippen molar-refractivity contribution in [3.05, 3.63) is 34.9 Å². The van der Waals surface area contributed by atoms with E-state index in [0.717, 1.165) is 24.6 Å². The number of halogens is 1. The summed E-state index contributed by atoms with van der Waals surface area (Å²) in [5, 5.41) is 4.27. The van der Waals surface area contributed by atoms with Gasteiger partial charge in [0.25, 0.3) is 0 Å². The van der Waals surface area contributed by atoms with Gasteiger partial charge in [-0.3, -0.25) is 0 Å². The van der Waals surface area contributed by atoms with Gasteiger partial charge in [-0.15, -0.1) is 0 Å². The molecule has 0 amide bonds. The van der Waals surface area contributed by atoms with Crippen LogP contribution < -0.4 is 5.32 Å². The fraction of sp³-hybridized carbons (Fsp3) is 0.500. The average molecular weight is 226 g/mol. The van der Waals surface area contributed by atoms with Gasteiger partial charge < -0.3 is 10.1 Å². The highest BCUT2D eigenvalue weighted by molar-refractivity contribution is 6.30. The second-order valence-corrected chi connectivity index (χ2v) is 4.52. The van der Waals surface area contributed by atoms with Crippen LogP contribution in [0.15, 0.2) is 24.3 Å². The zero-order valence-electron chi connectivity index (χ0n) is 8.87. The van der Waals surface area contributed by atoms with Crippen molar-refractivity contribution in [3.63, 3.8) is 0 Å². The van der Waals surface area contributed by atoms with E-state index in [2.05, 4.69) is 24.4 Å². The van der Waals surface area contributed by atoms with Crippen molar-refractivity contribution in [1.82, 2.24) is 5.32 Å². The first-order valence-corrected chi connectivity index (χ1v) is 5.71. The minimum atomic E-state index is 0.339. The van der Waals surface area contributed by atoms with Gasteiger partial charge in [0.05, 0.1) is 12.7 Å². The van der Waals surface area contributed by atoms with E-state index in [1.807, 2.05) is 12.1 Å². The predicted molar refractivity (Wildman–Crippen MR) is 62.4 cm³/mol. The molecule has 15 heavy (non-hydrogen) atoms. The lowest BCUT2D eigenvalue weighted by Gasteiger charge is -2.28. The van der Waals surface area contributed by atoms with Gasteiger partial charge >= 0.3 is 0 Å². The summed E-state index contributed by atoms with van der Waals surface area (Å²) in [5.74, 6) is 0. The van der Waals surface area contributed by atoms with Crippen LogP contribution in [0.1, 0.15) is 12.5 Å². The summed E-state index contributed by atoms with van der Waals surface area (Å²) in [4.78, 5) is 0. The molecule has 1 fully saturated rings. The molecule has 1 aromatic carbocycles. The maximum absolute atomic E-state index is 5.83. The Balaban J connectivity index is 1.89. The molecule has 1 aromatic rings. The Morgan fingerprint density at radius 3 is 2.73 bits per heavy atom. The normalized spacial score (nSPS) is 26.5. The van der Waals surface area contributed by atoms with Gasteiger partial charge in [0.2, 0.25) is 0 Å². The number of ether oxygens (including phenoxy) is 1. The molecule has 0 bridgehead atoms. The van der Waals surface area contributed by atoms with Gasteiger partial charge in [0, 0.05) is 17.6 Å². The molecule has 1 aliphatic rings. The largest absolute Gasteiger partial charge is 0.376 e. The highest BCUT2D eigenvalue weighted by atomic mass is 35.5. The SMILES string of the molecule is C[C@@H]1CN[C@H](Cc2ccc(Cl)cc2)CO1. The van der Waals surface area contributed by atoms with E-state index in [0.29, 0.717) is 12.1 Å². The predicted octanol–water partition coefficient (Wildman–Crippen LogP) is 2.26. The fourth-order valence-corrected chi connectivity index (χ4v) is 1.89. The second-order valence-electron chi connectivity index (χ2n) is 4.08. The van der Waals surface area contributed by atoms with Crippen LogP contribution in [0.25, 0.3) is 0 Å². The van der Waals surface area contributed by atoms with E-state index in [4.69, 9.17) is 16.3 Å². The molecular formula is C12H16ClNO. The molecule has 1 N–H and O–H groups in total. The maximum Gasteiger partial charge on any atom is 0.0672 e. The smallest absolute Gasteiger partial charge is 0.0672 e. The summed E-state index contributed by atoms with van der Waals surface area (Å²) in [6.07, 6.45) is 1.34. The third kappa shape index (κ3) is 3.20.